The number of carbonyl (C=O) groups is 3. The minimum absolute atomic E-state index is 0.0251. The molecule has 12 nitrogen and oxygen atoms in total. The molecule has 0 spiro atoms. The van der Waals surface area contributed by atoms with Crippen molar-refractivity contribution in [3.8, 4) is 0 Å². The summed E-state index contributed by atoms with van der Waals surface area (Å²) in [6.45, 7) is 2.15. The number of amides is 2. The molecule has 1 aromatic carbocycles. The van der Waals surface area contributed by atoms with Crippen LogP contribution in [0, 0.1) is 5.41 Å². The number of carbonyl (C=O) groups excluding carboxylic acids is 3. The Balaban J connectivity index is 1.77. The van der Waals surface area contributed by atoms with Crippen molar-refractivity contribution in [1.29, 1.82) is 5.41 Å². The molecule has 2 rings (SSSR count). The summed E-state index contributed by atoms with van der Waals surface area (Å²) in [6.07, 6.45) is -0.0617. The van der Waals surface area contributed by atoms with Crippen LogP contribution in [0.25, 0.3) is 0 Å². The fourth-order valence-electron chi connectivity index (χ4n) is 2.67. The molecule has 0 aliphatic carbocycles. The number of oxime groups is 1. The maximum atomic E-state index is 12.4. The fourth-order valence-corrected chi connectivity index (χ4v) is 2.67. The van der Waals surface area contributed by atoms with Gasteiger partial charge in [0.15, 0.2) is 0 Å². The van der Waals surface area contributed by atoms with E-state index in [1.165, 1.54) is 7.11 Å². The van der Waals surface area contributed by atoms with Gasteiger partial charge < -0.3 is 35.4 Å². The van der Waals surface area contributed by atoms with E-state index in [2.05, 4.69) is 20.5 Å². The van der Waals surface area contributed by atoms with Crippen LogP contribution in [0.3, 0.4) is 0 Å². The Labute approximate surface area is 191 Å². The lowest BCUT2D eigenvalue weighted by Gasteiger charge is -2.18. The molecule has 1 aromatic rings. The van der Waals surface area contributed by atoms with Crippen molar-refractivity contribution in [2.45, 2.75) is 44.9 Å². The zero-order valence-electron chi connectivity index (χ0n) is 18.6. The quantitative estimate of drug-likeness (QED) is 0.161. The summed E-state index contributed by atoms with van der Waals surface area (Å²) < 4.78 is 15.2. The molecule has 5 N–H and O–H groups in total. The van der Waals surface area contributed by atoms with Gasteiger partial charge in [0.25, 0.3) is 5.91 Å². The van der Waals surface area contributed by atoms with Crippen LogP contribution in [-0.2, 0) is 35.2 Å². The van der Waals surface area contributed by atoms with Crippen LogP contribution in [0.1, 0.15) is 37.3 Å². The van der Waals surface area contributed by atoms with E-state index < -0.39 is 30.1 Å². The summed E-state index contributed by atoms with van der Waals surface area (Å²) in [5, 5.41) is 16.0. The highest BCUT2D eigenvalue weighted by molar-refractivity contribution is 5.95. The minimum atomic E-state index is -1.12. The summed E-state index contributed by atoms with van der Waals surface area (Å²) in [7, 11) is 1.17. The number of nitrogens with one attached hydrogen (secondary N) is 3. The largest absolute Gasteiger partial charge is 0.474 e. The number of rotatable bonds is 11. The van der Waals surface area contributed by atoms with Gasteiger partial charge in [-0.3, -0.25) is 10.2 Å². The predicted octanol–water partition coefficient (Wildman–Crippen LogP) is 0.774. The lowest BCUT2D eigenvalue weighted by atomic mass is 10.1. The lowest BCUT2D eigenvalue weighted by molar-refractivity contribution is -0.143. The van der Waals surface area contributed by atoms with Crippen LogP contribution in [-0.4, -0.2) is 62.1 Å². The molecule has 0 saturated heterocycles. The van der Waals surface area contributed by atoms with Gasteiger partial charge in [-0.05, 0) is 12.0 Å². The second-order valence-electron chi connectivity index (χ2n) is 7.14. The molecule has 33 heavy (non-hydrogen) atoms. The van der Waals surface area contributed by atoms with Gasteiger partial charge in [0.1, 0.15) is 18.5 Å². The van der Waals surface area contributed by atoms with E-state index in [9.17, 15) is 14.4 Å². The molecule has 2 amide bonds. The van der Waals surface area contributed by atoms with Crippen LogP contribution in [0.15, 0.2) is 29.4 Å². The third-order valence-electron chi connectivity index (χ3n) is 4.59. The molecule has 1 aliphatic rings. The zero-order chi connectivity index (χ0) is 24.2. The van der Waals surface area contributed by atoms with Crippen molar-refractivity contribution in [3.05, 3.63) is 35.4 Å². The van der Waals surface area contributed by atoms with Crippen molar-refractivity contribution < 1.29 is 33.4 Å². The lowest BCUT2D eigenvalue weighted by Crippen LogP contribution is -2.50. The van der Waals surface area contributed by atoms with E-state index in [-0.39, 0.29) is 37.9 Å². The maximum Gasteiger partial charge on any atom is 0.407 e. The predicted molar refractivity (Wildman–Crippen MR) is 117 cm³/mol. The van der Waals surface area contributed by atoms with Gasteiger partial charge in [0.2, 0.25) is 12.0 Å². The van der Waals surface area contributed by atoms with Gasteiger partial charge in [-0.2, -0.15) is 0 Å². The van der Waals surface area contributed by atoms with Crippen LogP contribution >= 0.6 is 0 Å². The van der Waals surface area contributed by atoms with Crippen LogP contribution in [0.4, 0.5) is 4.79 Å². The smallest absolute Gasteiger partial charge is 0.407 e. The van der Waals surface area contributed by atoms with Gasteiger partial charge in [-0.15, -0.1) is 0 Å². The summed E-state index contributed by atoms with van der Waals surface area (Å²) in [5.41, 5.74) is 6.85. The monoisotopic (exact) mass is 463 g/mol. The van der Waals surface area contributed by atoms with E-state index in [4.69, 9.17) is 25.5 Å². The topological polar surface area (TPSA) is 174 Å². The Bertz CT molecular complexity index is 872. The molecule has 12 heteroatoms. The van der Waals surface area contributed by atoms with Crippen molar-refractivity contribution in [3.63, 3.8) is 0 Å². The van der Waals surface area contributed by atoms with E-state index >= 15 is 0 Å². The standard InChI is InChI=1S/C21H29N5O7/c1-3-4-9-31-21(29)25-15(20(28)30-2)11-24-19(27)16-10-17(26-33-16)32-12-13-5-7-14(8-6-13)18(22)23/h5-8,15-16H,3-4,9-12H2,1-2H3,(H3,22,23)(H,24,27)(H,25,29)/t15-,16?/m0/s1. The number of unbranched alkanes of at least 4 members (excludes halogenated alkanes) is 1. The van der Waals surface area contributed by atoms with E-state index in [0.29, 0.717) is 12.0 Å². The van der Waals surface area contributed by atoms with Crippen LogP contribution < -0.4 is 16.4 Å². The number of methoxy groups -OCH3 is 1. The Morgan fingerprint density at radius 3 is 2.67 bits per heavy atom. The molecule has 1 unspecified atom stereocenters. The first-order valence-electron chi connectivity index (χ1n) is 10.4. The van der Waals surface area contributed by atoms with Crippen molar-refractivity contribution in [2.75, 3.05) is 20.3 Å². The van der Waals surface area contributed by atoms with Gasteiger partial charge in [0, 0.05) is 12.1 Å². The van der Waals surface area contributed by atoms with Crippen molar-refractivity contribution >= 4 is 29.7 Å². The highest BCUT2D eigenvalue weighted by Crippen LogP contribution is 2.14. The third kappa shape index (κ3) is 8.31. The number of nitrogens with zero attached hydrogens (tertiary/aromatic N) is 1. The number of benzene rings is 1. The van der Waals surface area contributed by atoms with Gasteiger partial charge in [-0.1, -0.05) is 42.8 Å². The number of hydrogen-bond donors (Lipinski definition) is 4. The number of nitrogens with two attached hydrogens (primary N) is 1. The molecule has 0 radical (unpaired) electrons. The van der Waals surface area contributed by atoms with E-state index in [1.54, 1.807) is 24.3 Å². The molecule has 2 atom stereocenters. The molecule has 1 aliphatic heterocycles. The highest BCUT2D eigenvalue weighted by Gasteiger charge is 2.31. The SMILES string of the molecule is CCCCOC(=O)N[C@@H](CNC(=O)C1CC(OCc2ccc(C(=N)N)cc2)=NO1)C(=O)OC. The number of amidine groups is 1. The first-order valence-corrected chi connectivity index (χ1v) is 10.4. The molecular formula is C21H29N5O7. The second kappa shape index (κ2) is 12.9. The molecule has 1 heterocycles. The van der Waals surface area contributed by atoms with E-state index in [1.807, 2.05) is 6.92 Å². The average molecular weight is 463 g/mol. The summed E-state index contributed by atoms with van der Waals surface area (Å²) in [4.78, 5) is 41.2. The Hall–Kier alpha value is -3.83. The Morgan fingerprint density at radius 1 is 1.30 bits per heavy atom. The zero-order valence-corrected chi connectivity index (χ0v) is 18.6. The normalized spacial score (nSPS) is 15.5. The Kier molecular flexibility index (Phi) is 9.93. The Morgan fingerprint density at radius 2 is 2.03 bits per heavy atom. The number of alkyl carbamates (subject to hydrolysis) is 1. The number of esters is 1. The van der Waals surface area contributed by atoms with Gasteiger partial charge in [0.05, 0.1) is 20.1 Å². The molecule has 180 valence electrons. The van der Waals surface area contributed by atoms with Gasteiger partial charge >= 0.3 is 12.1 Å². The van der Waals surface area contributed by atoms with Crippen molar-refractivity contribution in [1.82, 2.24) is 10.6 Å². The van der Waals surface area contributed by atoms with Crippen molar-refractivity contribution in [2.24, 2.45) is 10.9 Å². The molecule has 0 aromatic heterocycles. The van der Waals surface area contributed by atoms with Gasteiger partial charge in [-0.25, -0.2) is 9.59 Å². The molecular weight excluding hydrogens is 434 g/mol. The maximum absolute atomic E-state index is 12.4. The summed E-state index contributed by atoms with van der Waals surface area (Å²) >= 11 is 0. The highest BCUT2D eigenvalue weighted by atomic mass is 16.7. The second-order valence-corrected chi connectivity index (χ2v) is 7.14. The van der Waals surface area contributed by atoms with Crippen LogP contribution in [0.2, 0.25) is 0 Å². The minimum Gasteiger partial charge on any atom is -0.474 e. The molecule has 0 saturated carbocycles. The molecule has 0 bridgehead atoms. The first kappa shape index (κ1) is 25.4. The van der Waals surface area contributed by atoms with E-state index in [0.717, 1.165) is 12.0 Å². The van der Waals surface area contributed by atoms with Crippen LogP contribution in [0.5, 0.6) is 0 Å². The third-order valence-corrected chi connectivity index (χ3v) is 4.59. The summed E-state index contributed by atoms with van der Waals surface area (Å²) in [6, 6.07) is 5.82. The summed E-state index contributed by atoms with van der Waals surface area (Å²) in [5.74, 6) is -1.04. The average Bonchev–Trinajstić information content (AvgIpc) is 3.29. The number of hydrogen-bond acceptors (Lipinski definition) is 9. The first-order chi connectivity index (χ1) is 15.8. The molecule has 0 fully saturated rings. The number of nitrogen functional groups attached to an aromatic ring is 1. The fraction of sp³-hybridized carbons (Fsp3) is 0.476. The number of ether oxygens (including phenoxy) is 3.